The van der Waals surface area contributed by atoms with Gasteiger partial charge in [0, 0.05) is 6.42 Å². The number of H-pyrrole nitrogens is 1. The van der Waals surface area contributed by atoms with Gasteiger partial charge in [0.25, 0.3) is 0 Å². The summed E-state index contributed by atoms with van der Waals surface area (Å²) in [5.74, 6) is 0. The van der Waals surface area contributed by atoms with E-state index < -0.39 is 0 Å². The Bertz CT molecular complexity index is 196. The molecule has 0 unspecified atom stereocenters. The number of aryl methyl sites for hydroxylation is 2. The van der Waals surface area contributed by atoms with Gasteiger partial charge < -0.3 is 0 Å². The number of aromatic amines is 1. The summed E-state index contributed by atoms with van der Waals surface area (Å²) in [4.78, 5) is 7.24. The predicted molar refractivity (Wildman–Crippen MR) is 34.9 cm³/mol. The quantitative estimate of drug-likeness (QED) is 0.541. The van der Waals surface area contributed by atoms with Crippen LogP contribution in [0.1, 0.15) is 18.3 Å². The number of rotatable bonds is 1. The first-order valence-electron chi connectivity index (χ1n) is 3.16. The Hall–Kier alpha value is -0.920. The molecule has 0 aliphatic carbocycles. The lowest BCUT2D eigenvalue weighted by molar-refractivity contribution is -0.391. The van der Waals surface area contributed by atoms with E-state index in [1.807, 2.05) is 13.1 Å². The maximum absolute atomic E-state index is 4.12. The van der Waals surface area contributed by atoms with Crippen molar-refractivity contribution >= 4 is 0 Å². The molecule has 0 spiro atoms. The molecule has 0 saturated heterocycles. The number of hydrogen-bond donors (Lipinski definition) is 0. The van der Waals surface area contributed by atoms with Crippen molar-refractivity contribution < 1.29 is 4.98 Å². The highest BCUT2D eigenvalue weighted by Crippen LogP contribution is 1.93. The molecule has 1 N–H and O–H groups in total. The highest BCUT2D eigenvalue weighted by Gasteiger charge is 2.00. The first-order valence-corrected chi connectivity index (χ1v) is 3.16. The molecular weight excluding hydrogens is 112 g/mol. The van der Waals surface area contributed by atoms with E-state index in [4.69, 9.17) is 0 Å². The van der Waals surface area contributed by atoms with E-state index in [2.05, 4.69) is 16.9 Å². The van der Waals surface area contributed by atoms with Crippen molar-refractivity contribution in [3.05, 3.63) is 23.8 Å². The second-order valence-corrected chi connectivity index (χ2v) is 2.01. The van der Waals surface area contributed by atoms with Gasteiger partial charge in [-0.2, -0.15) is 0 Å². The molecule has 2 heteroatoms. The number of aromatic nitrogens is 2. The lowest BCUT2D eigenvalue weighted by atomic mass is 10.3. The largest absolute Gasteiger partial charge is 0.249 e. The fourth-order valence-corrected chi connectivity index (χ4v) is 0.827. The van der Waals surface area contributed by atoms with Crippen molar-refractivity contribution in [3.8, 4) is 0 Å². The Morgan fingerprint density at radius 3 is 2.89 bits per heavy atom. The van der Waals surface area contributed by atoms with Crippen LogP contribution in [0.2, 0.25) is 0 Å². The van der Waals surface area contributed by atoms with Gasteiger partial charge in [0.1, 0.15) is 5.69 Å². The summed E-state index contributed by atoms with van der Waals surface area (Å²) < 4.78 is 0. The van der Waals surface area contributed by atoms with Crippen molar-refractivity contribution in [1.82, 2.24) is 4.98 Å². The predicted octanol–water partition coefficient (Wildman–Crippen LogP) is 0.767. The van der Waals surface area contributed by atoms with Crippen LogP contribution < -0.4 is 4.98 Å². The van der Waals surface area contributed by atoms with Crippen LogP contribution >= 0.6 is 0 Å². The fourth-order valence-electron chi connectivity index (χ4n) is 0.827. The van der Waals surface area contributed by atoms with Gasteiger partial charge in [-0.05, 0) is 6.92 Å². The molecule has 2 nitrogen and oxygen atoms in total. The van der Waals surface area contributed by atoms with Gasteiger partial charge >= 0.3 is 0 Å². The monoisotopic (exact) mass is 123 g/mol. The number of nitrogens with one attached hydrogen (secondary N) is 1. The molecular formula is C7H11N2+. The molecule has 0 fully saturated rings. The van der Waals surface area contributed by atoms with Crippen molar-refractivity contribution in [2.45, 2.75) is 20.3 Å². The van der Waals surface area contributed by atoms with E-state index in [-0.39, 0.29) is 0 Å². The standard InChI is InChI=1S/C7H10N2/c1-3-7-6(2)8-4-5-9-7/h4-5H,3H2,1-2H3/p+1. The minimum absolute atomic E-state index is 1.03. The van der Waals surface area contributed by atoms with Gasteiger partial charge in [-0.1, -0.05) is 6.92 Å². The van der Waals surface area contributed by atoms with E-state index in [0.717, 1.165) is 12.1 Å². The van der Waals surface area contributed by atoms with Crippen LogP contribution in [0.4, 0.5) is 0 Å². The molecule has 9 heavy (non-hydrogen) atoms. The lowest BCUT2D eigenvalue weighted by Gasteiger charge is -1.89. The lowest BCUT2D eigenvalue weighted by Crippen LogP contribution is -2.11. The zero-order chi connectivity index (χ0) is 6.69. The minimum atomic E-state index is 1.03. The molecule has 0 atom stereocenters. The van der Waals surface area contributed by atoms with Gasteiger partial charge in [0.2, 0.25) is 5.69 Å². The van der Waals surface area contributed by atoms with Crippen LogP contribution in [0.25, 0.3) is 0 Å². The molecule has 1 aromatic rings. The summed E-state index contributed by atoms with van der Waals surface area (Å²) in [5, 5.41) is 0. The Morgan fingerprint density at radius 2 is 2.44 bits per heavy atom. The van der Waals surface area contributed by atoms with E-state index >= 15 is 0 Å². The average Bonchev–Trinajstić information content (AvgIpc) is 1.89. The van der Waals surface area contributed by atoms with Crippen LogP contribution in [-0.4, -0.2) is 4.98 Å². The average molecular weight is 123 g/mol. The van der Waals surface area contributed by atoms with E-state index in [1.165, 1.54) is 5.69 Å². The van der Waals surface area contributed by atoms with E-state index in [1.54, 1.807) is 6.20 Å². The van der Waals surface area contributed by atoms with Gasteiger partial charge in [-0.3, -0.25) is 0 Å². The van der Waals surface area contributed by atoms with Crippen molar-refractivity contribution in [1.29, 1.82) is 0 Å². The van der Waals surface area contributed by atoms with Crippen molar-refractivity contribution in [2.24, 2.45) is 0 Å². The third-order valence-corrected chi connectivity index (χ3v) is 1.39. The van der Waals surface area contributed by atoms with Crippen LogP contribution in [0.5, 0.6) is 0 Å². The Morgan fingerprint density at radius 1 is 1.67 bits per heavy atom. The summed E-state index contributed by atoms with van der Waals surface area (Å²) >= 11 is 0. The molecule has 0 aliphatic heterocycles. The topological polar surface area (TPSA) is 27.0 Å². The van der Waals surface area contributed by atoms with E-state index in [0.29, 0.717) is 0 Å². The summed E-state index contributed by atoms with van der Waals surface area (Å²) in [6.45, 7) is 4.12. The number of nitrogens with zero attached hydrogens (tertiary/aromatic N) is 1. The van der Waals surface area contributed by atoms with Crippen LogP contribution in [-0.2, 0) is 6.42 Å². The zero-order valence-corrected chi connectivity index (χ0v) is 5.81. The second-order valence-electron chi connectivity index (χ2n) is 2.01. The Kier molecular flexibility index (Phi) is 1.78. The molecule has 48 valence electrons. The molecule has 0 aliphatic rings. The SMILES string of the molecule is CCc1[nH+]ccnc1C. The van der Waals surface area contributed by atoms with Gasteiger partial charge in [-0.25, -0.2) is 9.97 Å². The second kappa shape index (κ2) is 2.58. The highest BCUT2D eigenvalue weighted by atomic mass is 14.8. The normalized spacial score (nSPS) is 9.56. The Balaban J connectivity index is 3.01. The summed E-state index contributed by atoms with van der Waals surface area (Å²) in [6.07, 6.45) is 4.65. The van der Waals surface area contributed by atoms with E-state index in [9.17, 15) is 0 Å². The molecule has 0 bridgehead atoms. The first kappa shape index (κ1) is 6.20. The van der Waals surface area contributed by atoms with Gasteiger partial charge in [-0.15, -0.1) is 0 Å². The molecule has 0 saturated carbocycles. The highest BCUT2D eigenvalue weighted by molar-refractivity contribution is 5.00. The first-order chi connectivity index (χ1) is 4.34. The van der Waals surface area contributed by atoms with Crippen LogP contribution in [0, 0.1) is 6.92 Å². The third kappa shape index (κ3) is 1.25. The number of hydrogen-bond acceptors (Lipinski definition) is 1. The summed E-state index contributed by atoms with van der Waals surface area (Å²) in [6, 6.07) is 0. The molecule has 0 radical (unpaired) electrons. The van der Waals surface area contributed by atoms with Crippen molar-refractivity contribution in [3.63, 3.8) is 0 Å². The molecule has 0 amide bonds. The Labute approximate surface area is 55.0 Å². The third-order valence-electron chi connectivity index (χ3n) is 1.39. The van der Waals surface area contributed by atoms with Gasteiger partial charge in [0.05, 0.1) is 6.20 Å². The zero-order valence-electron chi connectivity index (χ0n) is 5.81. The van der Waals surface area contributed by atoms with Crippen LogP contribution in [0.3, 0.4) is 0 Å². The molecule has 0 aromatic carbocycles. The smallest absolute Gasteiger partial charge is 0.200 e. The molecule has 1 aromatic heterocycles. The van der Waals surface area contributed by atoms with Crippen molar-refractivity contribution in [2.75, 3.05) is 0 Å². The summed E-state index contributed by atoms with van der Waals surface area (Å²) in [5.41, 5.74) is 2.32. The van der Waals surface area contributed by atoms with Crippen LogP contribution in [0.15, 0.2) is 12.4 Å². The molecule has 1 rings (SSSR count). The maximum atomic E-state index is 4.12. The molecule has 1 heterocycles. The fraction of sp³-hybridized carbons (Fsp3) is 0.429. The van der Waals surface area contributed by atoms with Gasteiger partial charge in [0.15, 0.2) is 6.20 Å². The minimum Gasteiger partial charge on any atom is -0.249 e. The summed E-state index contributed by atoms with van der Waals surface area (Å²) in [7, 11) is 0. The maximum Gasteiger partial charge on any atom is 0.200 e.